The van der Waals surface area contributed by atoms with Gasteiger partial charge in [-0.2, -0.15) is 0 Å². The molecule has 1 amide bonds. The second-order valence-corrected chi connectivity index (χ2v) is 32.0. The first kappa shape index (κ1) is 96.6. The standard InChI is InChI=1S/C92H181NO5/c1-3-5-7-9-11-13-15-17-19-21-22-23-24-40-43-46-49-53-56-60-64-68-72-76-80-84-90(95)89(88-94)93-91(96)85-81-77-73-69-65-61-57-54-50-47-44-41-38-36-34-32-30-28-26-25-27-29-31-33-35-37-39-42-45-48-51-55-59-63-67-71-75-79-83-87-98-92(97)86-82-78-74-70-66-62-58-52-20-18-16-14-12-10-8-6-4-2/h80,84,89-90,94-95H,3-79,81-83,85-88H2,1-2H3,(H,93,96)/b84-80+. The number of rotatable bonds is 88. The van der Waals surface area contributed by atoms with E-state index >= 15 is 0 Å². The molecule has 0 heterocycles. The molecule has 3 N–H and O–H groups in total. The molecule has 584 valence electrons. The minimum absolute atomic E-state index is 0.0294. The average Bonchev–Trinajstić information content (AvgIpc) is 1.57. The Kier molecular flexibility index (Phi) is 86.7. The molecular formula is C92H181NO5. The predicted molar refractivity (Wildman–Crippen MR) is 435 cm³/mol. The van der Waals surface area contributed by atoms with E-state index in [2.05, 4.69) is 19.2 Å². The Labute approximate surface area is 616 Å². The van der Waals surface area contributed by atoms with E-state index in [9.17, 15) is 19.8 Å². The van der Waals surface area contributed by atoms with Gasteiger partial charge in [-0.3, -0.25) is 9.59 Å². The van der Waals surface area contributed by atoms with Gasteiger partial charge in [0.1, 0.15) is 0 Å². The second-order valence-electron chi connectivity index (χ2n) is 32.0. The van der Waals surface area contributed by atoms with Gasteiger partial charge in [-0.25, -0.2) is 0 Å². The fourth-order valence-corrected chi connectivity index (χ4v) is 15.1. The number of nitrogens with one attached hydrogen (secondary N) is 1. The molecule has 6 heteroatoms. The zero-order valence-corrected chi connectivity index (χ0v) is 67.3. The summed E-state index contributed by atoms with van der Waals surface area (Å²) in [6, 6.07) is -0.624. The number of hydrogen-bond acceptors (Lipinski definition) is 5. The molecular weight excluding hydrogens is 1200 g/mol. The summed E-state index contributed by atoms with van der Waals surface area (Å²) in [4.78, 5) is 24.7. The number of hydrogen-bond donors (Lipinski definition) is 3. The molecule has 0 rings (SSSR count). The molecule has 0 aromatic heterocycles. The molecule has 0 saturated carbocycles. The van der Waals surface area contributed by atoms with Crippen molar-refractivity contribution in [2.75, 3.05) is 13.2 Å². The first-order valence-electron chi connectivity index (χ1n) is 46.0. The lowest BCUT2D eigenvalue weighted by molar-refractivity contribution is -0.143. The Morgan fingerprint density at radius 3 is 0.694 bits per heavy atom. The lowest BCUT2D eigenvalue weighted by Gasteiger charge is -2.20. The van der Waals surface area contributed by atoms with Crippen LogP contribution in [0.25, 0.3) is 0 Å². The number of carbonyl (C=O) groups is 2. The monoisotopic (exact) mass is 1380 g/mol. The maximum atomic E-state index is 12.6. The summed E-state index contributed by atoms with van der Waals surface area (Å²) in [6.07, 6.45) is 114. The highest BCUT2D eigenvalue weighted by molar-refractivity contribution is 5.76. The molecule has 98 heavy (non-hydrogen) atoms. The first-order chi connectivity index (χ1) is 48.5. The lowest BCUT2D eigenvalue weighted by Crippen LogP contribution is -2.45. The summed E-state index contributed by atoms with van der Waals surface area (Å²) in [5.74, 6) is -0.0258. The first-order valence-corrected chi connectivity index (χ1v) is 46.0. The molecule has 0 fully saturated rings. The van der Waals surface area contributed by atoms with Crippen LogP contribution in [0.5, 0.6) is 0 Å². The predicted octanol–water partition coefficient (Wildman–Crippen LogP) is 31.0. The summed E-state index contributed by atoms with van der Waals surface area (Å²) in [7, 11) is 0. The summed E-state index contributed by atoms with van der Waals surface area (Å²) in [5, 5.41) is 23.4. The van der Waals surface area contributed by atoms with Crippen LogP contribution in [0.2, 0.25) is 0 Å². The van der Waals surface area contributed by atoms with Crippen LogP contribution in [0.15, 0.2) is 12.2 Å². The van der Waals surface area contributed by atoms with Gasteiger partial charge in [0.15, 0.2) is 0 Å². The third kappa shape index (κ3) is 83.5. The van der Waals surface area contributed by atoms with Crippen molar-refractivity contribution in [1.82, 2.24) is 5.32 Å². The normalized spacial score (nSPS) is 12.4. The molecule has 0 spiro atoms. The number of amides is 1. The van der Waals surface area contributed by atoms with Crippen LogP contribution in [0, 0.1) is 0 Å². The van der Waals surface area contributed by atoms with Crippen LogP contribution in [0.1, 0.15) is 540 Å². The Morgan fingerprint density at radius 2 is 0.469 bits per heavy atom. The number of carbonyl (C=O) groups excluding carboxylic acids is 2. The van der Waals surface area contributed by atoms with Crippen LogP contribution >= 0.6 is 0 Å². The molecule has 0 radical (unpaired) electrons. The summed E-state index contributed by atoms with van der Waals surface area (Å²) in [5.41, 5.74) is 0. The quantitative estimate of drug-likeness (QED) is 0.0320. The van der Waals surface area contributed by atoms with Crippen LogP contribution < -0.4 is 5.32 Å². The fourth-order valence-electron chi connectivity index (χ4n) is 15.1. The minimum Gasteiger partial charge on any atom is -0.466 e. The van der Waals surface area contributed by atoms with E-state index in [1.54, 1.807) is 6.08 Å². The van der Waals surface area contributed by atoms with E-state index in [1.807, 2.05) is 6.08 Å². The van der Waals surface area contributed by atoms with Gasteiger partial charge in [0, 0.05) is 12.8 Å². The highest BCUT2D eigenvalue weighted by atomic mass is 16.5. The van der Waals surface area contributed by atoms with Crippen LogP contribution in [0.4, 0.5) is 0 Å². The number of allylic oxidation sites excluding steroid dienone is 1. The zero-order chi connectivity index (χ0) is 70.5. The smallest absolute Gasteiger partial charge is 0.305 e. The molecule has 0 aromatic rings. The number of aliphatic hydroxyl groups excluding tert-OH is 2. The van der Waals surface area contributed by atoms with E-state index in [0.717, 1.165) is 38.5 Å². The molecule has 0 bridgehead atoms. The largest absolute Gasteiger partial charge is 0.466 e. The van der Waals surface area contributed by atoms with Gasteiger partial charge in [0.25, 0.3) is 0 Å². The van der Waals surface area contributed by atoms with Crippen LogP contribution in [-0.2, 0) is 14.3 Å². The molecule has 2 atom stereocenters. The number of aliphatic hydroxyl groups is 2. The van der Waals surface area contributed by atoms with Gasteiger partial charge in [-0.1, -0.05) is 508 Å². The van der Waals surface area contributed by atoms with Crippen molar-refractivity contribution in [3.63, 3.8) is 0 Å². The number of unbranched alkanes of at least 4 members (excludes halogenated alkanes) is 77. The van der Waals surface area contributed by atoms with Crippen molar-refractivity contribution in [1.29, 1.82) is 0 Å². The minimum atomic E-state index is -0.841. The molecule has 2 unspecified atom stereocenters. The zero-order valence-electron chi connectivity index (χ0n) is 67.3. The topological polar surface area (TPSA) is 95.9 Å². The number of esters is 1. The van der Waals surface area contributed by atoms with E-state index < -0.39 is 12.1 Å². The van der Waals surface area contributed by atoms with E-state index in [-0.39, 0.29) is 18.5 Å². The average molecular weight is 1380 g/mol. The Balaban J connectivity index is 3.31. The molecule has 0 saturated heterocycles. The Bertz CT molecular complexity index is 1500. The Morgan fingerprint density at radius 1 is 0.276 bits per heavy atom. The van der Waals surface area contributed by atoms with Gasteiger partial charge >= 0.3 is 5.97 Å². The van der Waals surface area contributed by atoms with E-state index in [0.29, 0.717) is 19.4 Å². The Hall–Kier alpha value is -1.40. The summed E-state index contributed by atoms with van der Waals surface area (Å²) >= 11 is 0. The molecule has 6 nitrogen and oxygen atoms in total. The van der Waals surface area contributed by atoms with Crippen molar-refractivity contribution >= 4 is 11.9 Å². The molecule has 0 aromatic carbocycles. The molecule has 0 aliphatic rings. The molecule has 0 aliphatic carbocycles. The lowest BCUT2D eigenvalue weighted by atomic mass is 10.0. The third-order valence-corrected chi connectivity index (χ3v) is 22.1. The van der Waals surface area contributed by atoms with E-state index in [4.69, 9.17) is 4.74 Å². The van der Waals surface area contributed by atoms with Gasteiger partial charge in [0.2, 0.25) is 5.91 Å². The SMILES string of the molecule is CCCCCCCCCCCCCCCCCCCCCCCCC/C=C/C(O)C(CO)NC(=O)CCCCCCCCCCCCCCCCCCCCCCCCCCCCCCCCCCCCCCCCCOC(=O)CCCCCCCCCCCCCCCCCCC. The molecule has 0 aliphatic heterocycles. The number of ether oxygens (including phenoxy) is 1. The van der Waals surface area contributed by atoms with Gasteiger partial charge < -0.3 is 20.3 Å². The second kappa shape index (κ2) is 88.0. The summed E-state index contributed by atoms with van der Waals surface area (Å²) in [6.45, 7) is 4.98. The van der Waals surface area contributed by atoms with Crippen molar-refractivity contribution in [3.8, 4) is 0 Å². The van der Waals surface area contributed by atoms with Gasteiger partial charge in [0.05, 0.1) is 25.4 Å². The van der Waals surface area contributed by atoms with E-state index in [1.165, 1.54) is 475 Å². The maximum absolute atomic E-state index is 12.6. The van der Waals surface area contributed by atoms with Crippen LogP contribution in [-0.4, -0.2) is 47.4 Å². The maximum Gasteiger partial charge on any atom is 0.305 e. The van der Waals surface area contributed by atoms with Gasteiger partial charge in [-0.05, 0) is 32.1 Å². The third-order valence-electron chi connectivity index (χ3n) is 22.1. The van der Waals surface area contributed by atoms with Crippen molar-refractivity contribution in [3.05, 3.63) is 12.2 Å². The fraction of sp³-hybridized carbons (Fsp3) is 0.957. The summed E-state index contributed by atoms with van der Waals surface area (Å²) < 4.78 is 5.52. The van der Waals surface area contributed by atoms with Crippen LogP contribution in [0.3, 0.4) is 0 Å². The highest BCUT2D eigenvalue weighted by Gasteiger charge is 2.18. The van der Waals surface area contributed by atoms with Crippen molar-refractivity contribution in [2.24, 2.45) is 0 Å². The highest BCUT2D eigenvalue weighted by Crippen LogP contribution is 2.22. The van der Waals surface area contributed by atoms with Crippen molar-refractivity contribution < 1.29 is 24.5 Å². The van der Waals surface area contributed by atoms with Crippen molar-refractivity contribution in [2.45, 2.75) is 553 Å². The van der Waals surface area contributed by atoms with Gasteiger partial charge in [-0.15, -0.1) is 0 Å².